The molecule has 0 amide bonds. The summed E-state index contributed by atoms with van der Waals surface area (Å²) in [5.74, 6) is -1.30. The minimum absolute atomic E-state index is 0.168. The van der Waals surface area contributed by atoms with Gasteiger partial charge in [-0.3, -0.25) is 4.79 Å². The molecule has 0 aliphatic heterocycles. The normalized spacial score (nSPS) is 13.2. The van der Waals surface area contributed by atoms with E-state index < -0.39 is 12.0 Å². The average molecular weight is 320 g/mol. The molecule has 0 aliphatic rings. The van der Waals surface area contributed by atoms with Gasteiger partial charge in [0.25, 0.3) is 0 Å². The van der Waals surface area contributed by atoms with Crippen LogP contribution >= 0.6 is 0 Å². The molecule has 0 aliphatic carbocycles. The number of carbonyl (C=O) groups excluding carboxylic acids is 1. The molecule has 2 atom stereocenters. The Bertz CT molecular complexity index is 798. The van der Waals surface area contributed by atoms with E-state index in [4.69, 9.17) is 0 Å². The maximum atomic E-state index is 13.1. The lowest BCUT2D eigenvalue weighted by molar-refractivity contribution is 0.0810. The highest BCUT2D eigenvalue weighted by molar-refractivity contribution is 6.01. The number of carbonyl (C=O) groups is 1. The zero-order chi connectivity index (χ0) is 16.9. The molecule has 0 saturated carbocycles. The zero-order valence-electron chi connectivity index (χ0n) is 13.0. The van der Waals surface area contributed by atoms with E-state index in [0.717, 1.165) is 5.56 Å². The molecule has 24 heavy (non-hydrogen) atoms. The van der Waals surface area contributed by atoms with Crippen molar-refractivity contribution >= 4 is 5.78 Å². The zero-order valence-corrected chi connectivity index (χ0v) is 13.0. The van der Waals surface area contributed by atoms with E-state index in [1.165, 1.54) is 24.3 Å². The summed E-state index contributed by atoms with van der Waals surface area (Å²) >= 11 is 0. The van der Waals surface area contributed by atoms with Crippen LogP contribution in [0.25, 0.3) is 0 Å². The first-order chi connectivity index (χ1) is 11.7. The molecule has 0 fully saturated rings. The van der Waals surface area contributed by atoms with Gasteiger partial charge in [-0.05, 0) is 23.3 Å². The minimum Gasteiger partial charge on any atom is -0.387 e. The van der Waals surface area contributed by atoms with Crippen LogP contribution in [-0.2, 0) is 0 Å². The number of aliphatic hydroxyl groups excluding tert-OH is 1. The van der Waals surface area contributed by atoms with E-state index in [9.17, 15) is 14.3 Å². The van der Waals surface area contributed by atoms with Crippen LogP contribution in [0.2, 0.25) is 0 Å². The molecular weight excluding hydrogens is 303 g/mol. The van der Waals surface area contributed by atoms with Crippen molar-refractivity contribution in [2.24, 2.45) is 0 Å². The molecular formula is C21H17FO2. The highest BCUT2D eigenvalue weighted by Crippen LogP contribution is 2.34. The fraction of sp³-hybridized carbons (Fsp3) is 0.0952. The third-order valence-electron chi connectivity index (χ3n) is 4.03. The SMILES string of the molecule is O=C(c1ccccc1)[C@@H](c1ccccc1)[C@@H](O)c1ccc(F)cc1. The standard InChI is InChI=1S/C21H17FO2/c22-18-13-11-17(12-14-18)21(24)19(15-7-3-1-4-8-15)20(23)16-9-5-2-6-10-16/h1-14,19,21,24H/t19-,21+/m1/s1. The summed E-state index contributed by atoms with van der Waals surface area (Å²) in [4.78, 5) is 13.0. The summed E-state index contributed by atoms with van der Waals surface area (Å²) in [7, 11) is 0. The first-order valence-electron chi connectivity index (χ1n) is 7.74. The van der Waals surface area contributed by atoms with Gasteiger partial charge >= 0.3 is 0 Å². The molecule has 0 aromatic heterocycles. The van der Waals surface area contributed by atoms with Gasteiger partial charge in [-0.15, -0.1) is 0 Å². The fourth-order valence-corrected chi connectivity index (χ4v) is 2.77. The largest absolute Gasteiger partial charge is 0.387 e. The third kappa shape index (κ3) is 3.42. The minimum atomic E-state index is -1.05. The molecule has 3 aromatic carbocycles. The lowest BCUT2D eigenvalue weighted by Crippen LogP contribution is -2.21. The van der Waals surface area contributed by atoms with Gasteiger partial charge in [-0.25, -0.2) is 4.39 Å². The first-order valence-corrected chi connectivity index (χ1v) is 7.74. The van der Waals surface area contributed by atoms with E-state index in [2.05, 4.69) is 0 Å². The Morgan fingerprint density at radius 2 is 1.29 bits per heavy atom. The van der Waals surface area contributed by atoms with Gasteiger partial charge in [0, 0.05) is 5.56 Å². The van der Waals surface area contributed by atoms with Crippen molar-refractivity contribution in [2.75, 3.05) is 0 Å². The Morgan fingerprint density at radius 3 is 1.88 bits per heavy atom. The Balaban J connectivity index is 2.02. The average Bonchev–Trinajstić information content (AvgIpc) is 2.64. The topological polar surface area (TPSA) is 37.3 Å². The summed E-state index contributed by atoms with van der Waals surface area (Å²) in [5.41, 5.74) is 1.77. The van der Waals surface area contributed by atoms with Crippen molar-refractivity contribution in [2.45, 2.75) is 12.0 Å². The van der Waals surface area contributed by atoms with E-state index in [0.29, 0.717) is 11.1 Å². The van der Waals surface area contributed by atoms with Crippen LogP contribution in [0, 0.1) is 5.82 Å². The van der Waals surface area contributed by atoms with E-state index in [1.54, 1.807) is 24.3 Å². The number of hydrogen-bond donors (Lipinski definition) is 1. The van der Waals surface area contributed by atoms with Gasteiger partial charge in [0.1, 0.15) is 5.82 Å². The maximum Gasteiger partial charge on any atom is 0.173 e. The molecule has 0 bridgehead atoms. The van der Waals surface area contributed by atoms with Crippen LogP contribution < -0.4 is 0 Å². The molecule has 3 rings (SSSR count). The number of rotatable bonds is 5. The Morgan fingerprint density at radius 1 is 0.750 bits per heavy atom. The molecule has 1 N–H and O–H groups in total. The van der Waals surface area contributed by atoms with E-state index in [1.807, 2.05) is 36.4 Å². The highest BCUT2D eigenvalue weighted by atomic mass is 19.1. The van der Waals surface area contributed by atoms with Crippen LogP contribution in [0.15, 0.2) is 84.9 Å². The molecule has 0 saturated heterocycles. The van der Waals surface area contributed by atoms with Crippen LogP contribution in [0.3, 0.4) is 0 Å². The quantitative estimate of drug-likeness (QED) is 0.702. The van der Waals surface area contributed by atoms with Crippen LogP contribution in [-0.4, -0.2) is 10.9 Å². The van der Waals surface area contributed by atoms with Gasteiger partial charge in [-0.2, -0.15) is 0 Å². The summed E-state index contributed by atoms with van der Waals surface area (Å²) in [6, 6.07) is 23.6. The first kappa shape index (κ1) is 16.1. The fourth-order valence-electron chi connectivity index (χ4n) is 2.77. The second kappa shape index (κ2) is 7.20. The molecule has 3 aromatic rings. The van der Waals surface area contributed by atoms with Crippen molar-refractivity contribution < 1.29 is 14.3 Å². The van der Waals surface area contributed by atoms with E-state index in [-0.39, 0.29) is 11.6 Å². The number of benzene rings is 3. The summed E-state index contributed by atoms with van der Waals surface area (Å²) in [6.07, 6.45) is -1.05. The number of hydrogen-bond acceptors (Lipinski definition) is 2. The molecule has 0 unspecified atom stereocenters. The second-order valence-corrected chi connectivity index (χ2v) is 5.62. The number of ketones is 1. The van der Waals surface area contributed by atoms with Crippen molar-refractivity contribution in [3.8, 4) is 0 Å². The van der Waals surface area contributed by atoms with Crippen molar-refractivity contribution in [1.82, 2.24) is 0 Å². The molecule has 3 heteroatoms. The van der Waals surface area contributed by atoms with Crippen molar-refractivity contribution in [3.63, 3.8) is 0 Å². The highest BCUT2D eigenvalue weighted by Gasteiger charge is 2.30. The Kier molecular flexibility index (Phi) is 4.82. The van der Waals surface area contributed by atoms with Gasteiger partial charge in [-0.1, -0.05) is 72.8 Å². The summed E-state index contributed by atoms with van der Waals surface area (Å²) in [5, 5.41) is 10.8. The van der Waals surface area contributed by atoms with Gasteiger partial charge in [0.05, 0.1) is 12.0 Å². The second-order valence-electron chi connectivity index (χ2n) is 5.62. The van der Waals surface area contributed by atoms with E-state index >= 15 is 0 Å². The molecule has 2 nitrogen and oxygen atoms in total. The number of aliphatic hydroxyl groups is 1. The van der Waals surface area contributed by atoms with Crippen LogP contribution in [0.5, 0.6) is 0 Å². The smallest absolute Gasteiger partial charge is 0.173 e. The van der Waals surface area contributed by atoms with Crippen molar-refractivity contribution in [1.29, 1.82) is 0 Å². The van der Waals surface area contributed by atoms with Gasteiger partial charge < -0.3 is 5.11 Å². The molecule has 0 spiro atoms. The lowest BCUT2D eigenvalue weighted by atomic mass is 9.83. The van der Waals surface area contributed by atoms with Gasteiger partial charge in [0.15, 0.2) is 5.78 Å². The Hall–Kier alpha value is -2.78. The number of halogens is 1. The molecule has 0 radical (unpaired) electrons. The Labute approximate surface area is 140 Å². The van der Waals surface area contributed by atoms with Crippen LogP contribution in [0.4, 0.5) is 4.39 Å². The summed E-state index contributed by atoms with van der Waals surface area (Å²) < 4.78 is 13.1. The predicted octanol–water partition coefficient (Wildman–Crippen LogP) is 4.53. The number of Topliss-reactive ketones (excluding diaryl/α,β-unsaturated/α-hetero) is 1. The molecule has 120 valence electrons. The van der Waals surface area contributed by atoms with Gasteiger partial charge in [0.2, 0.25) is 0 Å². The molecule has 0 heterocycles. The van der Waals surface area contributed by atoms with Crippen LogP contribution in [0.1, 0.15) is 33.5 Å². The predicted molar refractivity (Wildman–Crippen MR) is 91.3 cm³/mol. The summed E-state index contributed by atoms with van der Waals surface area (Å²) in [6.45, 7) is 0. The lowest BCUT2D eigenvalue weighted by Gasteiger charge is -2.23. The maximum absolute atomic E-state index is 13.1. The third-order valence-corrected chi connectivity index (χ3v) is 4.03. The monoisotopic (exact) mass is 320 g/mol. The van der Waals surface area contributed by atoms with Crippen molar-refractivity contribution in [3.05, 3.63) is 107 Å².